The number of nitrogens with zero attached hydrogens (tertiary/aromatic N) is 1. The van der Waals surface area contributed by atoms with E-state index in [4.69, 9.17) is 0 Å². The molecule has 0 aromatic carbocycles. The first-order chi connectivity index (χ1) is 6.49. The molecule has 0 aromatic heterocycles. The van der Waals surface area contributed by atoms with Gasteiger partial charge in [-0.3, -0.25) is 9.59 Å². The van der Waals surface area contributed by atoms with E-state index in [2.05, 4.69) is 5.32 Å². The number of carbonyl (C=O) groups is 2. The van der Waals surface area contributed by atoms with E-state index in [-0.39, 0.29) is 24.3 Å². The molecule has 0 saturated carbocycles. The maximum Gasteiger partial charge on any atom is 0.239 e. The predicted molar refractivity (Wildman–Crippen MR) is 55.8 cm³/mol. The second-order valence-electron chi connectivity index (χ2n) is 3.70. The van der Waals surface area contributed by atoms with Crippen molar-refractivity contribution in [3.05, 3.63) is 0 Å². The number of likely N-dealkylation sites (N-methyl/N-ethyl adjacent to an activating group) is 1. The molecule has 4 nitrogen and oxygen atoms in total. The first-order valence-electron chi connectivity index (χ1n) is 5.00. The standard InChI is InChI=1S/C10H20N2O2/c1-5-6-11-9(13)7-12(4)10(14)8(2)3/h8H,5-7H2,1-4H3,(H,11,13). The maximum atomic E-state index is 11.4. The second-order valence-corrected chi connectivity index (χ2v) is 3.70. The van der Waals surface area contributed by atoms with Crippen molar-refractivity contribution in [1.82, 2.24) is 10.2 Å². The van der Waals surface area contributed by atoms with Crippen LogP contribution in [0.3, 0.4) is 0 Å². The average molecular weight is 200 g/mol. The molecule has 0 bridgehead atoms. The number of hydrogen-bond acceptors (Lipinski definition) is 2. The molecule has 14 heavy (non-hydrogen) atoms. The Bertz CT molecular complexity index is 202. The third-order valence-electron chi connectivity index (χ3n) is 1.82. The predicted octanol–water partition coefficient (Wildman–Crippen LogP) is 0.627. The minimum atomic E-state index is -0.0941. The lowest BCUT2D eigenvalue weighted by Gasteiger charge is -2.18. The molecule has 0 aromatic rings. The van der Waals surface area contributed by atoms with Crippen molar-refractivity contribution in [2.45, 2.75) is 27.2 Å². The minimum Gasteiger partial charge on any atom is -0.355 e. The lowest BCUT2D eigenvalue weighted by molar-refractivity contribution is -0.137. The molecule has 0 radical (unpaired) electrons. The molecule has 0 saturated heterocycles. The Morgan fingerprint density at radius 2 is 1.93 bits per heavy atom. The SMILES string of the molecule is CCCNC(=O)CN(C)C(=O)C(C)C. The number of nitrogens with one attached hydrogen (secondary N) is 1. The zero-order chi connectivity index (χ0) is 11.1. The molecule has 0 rings (SSSR count). The summed E-state index contributed by atoms with van der Waals surface area (Å²) in [5, 5.41) is 2.72. The molecular formula is C10H20N2O2. The van der Waals surface area contributed by atoms with Crippen molar-refractivity contribution in [2.24, 2.45) is 5.92 Å². The summed E-state index contributed by atoms with van der Waals surface area (Å²) in [6.07, 6.45) is 0.910. The third-order valence-corrected chi connectivity index (χ3v) is 1.82. The zero-order valence-corrected chi connectivity index (χ0v) is 9.46. The van der Waals surface area contributed by atoms with E-state index >= 15 is 0 Å². The largest absolute Gasteiger partial charge is 0.355 e. The summed E-state index contributed by atoms with van der Waals surface area (Å²) in [6.45, 7) is 6.45. The first kappa shape index (κ1) is 12.9. The summed E-state index contributed by atoms with van der Waals surface area (Å²) >= 11 is 0. The Morgan fingerprint density at radius 3 is 2.36 bits per heavy atom. The molecule has 0 aliphatic carbocycles. The van der Waals surface area contributed by atoms with Gasteiger partial charge in [0.2, 0.25) is 11.8 Å². The van der Waals surface area contributed by atoms with Gasteiger partial charge in [-0.1, -0.05) is 20.8 Å². The van der Waals surface area contributed by atoms with Crippen LogP contribution < -0.4 is 5.32 Å². The van der Waals surface area contributed by atoms with E-state index in [1.807, 2.05) is 20.8 Å². The summed E-state index contributed by atoms with van der Waals surface area (Å²) in [5.41, 5.74) is 0. The topological polar surface area (TPSA) is 49.4 Å². The van der Waals surface area contributed by atoms with Crippen molar-refractivity contribution >= 4 is 11.8 Å². The second kappa shape index (κ2) is 6.40. The zero-order valence-electron chi connectivity index (χ0n) is 9.46. The molecule has 0 atom stereocenters. The lowest BCUT2D eigenvalue weighted by Crippen LogP contribution is -2.40. The quantitative estimate of drug-likeness (QED) is 0.707. The van der Waals surface area contributed by atoms with Crippen molar-refractivity contribution in [3.8, 4) is 0 Å². The van der Waals surface area contributed by atoms with Gasteiger partial charge in [0.15, 0.2) is 0 Å². The lowest BCUT2D eigenvalue weighted by atomic mass is 10.2. The van der Waals surface area contributed by atoms with Crippen molar-refractivity contribution in [3.63, 3.8) is 0 Å². The van der Waals surface area contributed by atoms with Crippen LogP contribution in [0.5, 0.6) is 0 Å². The Hall–Kier alpha value is -1.06. The van der Waals surface area contributed by atoms with Crippen LogP contribution in [0.2, 0.25) is 0 Å². The van der Waals surface area contributed by atoms with Crippen molar-refractivity contribution in [2.75, 3.05) is 20.1 Å². The molecule has 0 fully saturated rings. The Morgan fingerprint density at radius 1 is 1.36 bits per heavy atom. The van der Waals surface area contributed by atoms with E-state index in [1.54, 1.807) is 7.05 Å². The van der Waals surface area contributed by atoms with E-state index in [1.165, 1.54) is 4.90 Å². The summed E-state index contributed by atoms with van der Waals surface area (Å²) in [7, 11) is 1.65. The van der Waals surface area contributed by atoms with Gasteiger partial charge in [-0.05, 0) is 6.42 Å². The van der Waals surface area contributed by atoms with Crippen LogP contribution in [0.1, 0.15) is 27.2 Å². The minimum absolute atomic E-state index is 0.00310. The van der Waals surface area contributed by atoms with Gasteiger partial charge < -0.3 is 10.2 Å². The fourth-order valence-electron chi connectivity index (χ4n) is 1.05. The monoisotopic (exact) mass is 200 g/mol. The Balaban J connectivity index is 3.87. The van der Waals surface area contributed by atoms with E-state index in [0.717, 1.165) is 6.42 Å². The molecular weight excluding hydrogens is 180 g/mol. The van der Waals surface area contributed by atoms with E-state index in [0.29, 0.717) is 6.54 Å². The van der Waals surface area contributed by atoms with E-state index < -0.39 is 0 Å². The van der Waals surface area contributed by atoms with Crippen LogP contribution in [-0.2, 0) is 9.59 Å². The highest BCUT2D eigenvalue weighted by Gasteiger charge is 2.15. The number of hydrogen-bond donors (Lipinski definition) is 1. The van der Waals surface area contributed by atoms with Gasteiger partial charge in [0.25, 0.3) is 0 Å². The third kappa shape index (κ3) is 4.84. The van der Waals surface area contributed by atoms with Gasteiger partial charge in [0, 0.05) is 19.5 Å². The van der Waals surface area contributed by atoms with Gasteiger partial charge in [0.1, 0.15) is 0 Å². The van der Waals surface area contributed by atoms with Gasteiger partial charge in [-0.25, -0.2) is 0 Å². The van der Waals surface area contributed by atoms with Crippen LogP contribution >= 0.6 is 0 Å². The molecule has 4 heteroatoms. The molecule has 2 amide bonds. The summed E-state index contributed by atoms with van der Waals surface area (Å²) in [6, 6.07) is 0. The molecule has 0 aliphatic rings. The van der Waals surface area contributed by atoms with Gasteiger partial charge in [-0.15, -0.1) is 0 Å². The highest BCUT2D eigenvalue weighted by molar-refractivity contribution is 5.85. The van der Waals surface area contributed by atoms with Gasteiger partial charge >= 0.3 is 0 Å². The van der Waals surface area contributed by atoms with E-state index in [9.17, 15) is 9.59 Å². The van der Waals surface area contributed by atoms with Crippen molar-refractivity contribution in [1.29, 1.82) is 0 Å². The van der Waals surface area contributed by atoms with Crippen LogP contribution in [0.25, 0.3) is 0 Å². The Labute approximate surface area is 85.7 Å². The highest BCUT2D eigenvalue weighted by atomic mass is 16.2. The normalized spacial score (nSPS) is 10.1. The summed E-state index contributed by atoms with van der Waals surface area (Å²) < 4.78 is 0. The molecule has 0 unspecified atom stereocenters. The fraction of sp³-hybridized carbons (Fsp3) is 0.800. The van der Waals surface area contributed by atoms with Crippen LogP contribution in [0.4, 0.5) is 0 Å². The average Bonchev–Trinajstić information content (AvgIpc) is 2.13. The van der Waals surface area contributed by atoms with Crippen LogP contribution in [-0.4, -0.2) is 36.9 Å². The first-order valence-corrected chi connectivity index (χ1v) is 5.00. The molecule has 82 valence electrons. The fourth-order valence-corrected chi connectivity index (χ4v) is 1.05. The molecule has 0 aliphatic heterocycles. The Kier molecular flexibility index (Phi) is 5.92. The van der Waals surface area contributed by atoms with Crippen LogP contribution in [0, 0.1) is 5.92 Å². The molecule has 1 N–H and O–H groups in total. The summed E-state index contributed by atoms with van der Waals surface area (Å²) in [4.78, 5) is 24.1. The maximum absolute atomic E-state index is 11.4. The smallest absolute Gasteiger partial charge is 0.239 e. The number of amides is 2. The summed E-state index contributed by atoms with van der Waals surface area (Å²) in [5.74, 6) is -0.154. The number of rotatable bonds is 5. The highest BCUT2D eigenvalue weighted by Crippen LogP contribution is 1.97. The van der Waals surface area contributed by atoms with Gasteiger partial charge in [0.05, 0.1) is 6.54 Å². The van der Waals surface area contributed by atoms with Crippen LogP contribution in [0.15, 0.2) is 0 Å². The molecule has 0 heterocycles. The van der Waals surface area contributed by atoms with Gasteiger partial charge in [-0.2, -0.15) is 0 Å². The number of carbonyl (C=O) groups excluding carboxylic acids is 2. The molecule has 0 spiro atoms. The van der Waals surface area contributed by atoms with Crippen molar-refractivity contribution < 1.29 is 9.59 Å².